The van der Waals surface area contributed by atoms with Crippen molar-refractivity contribution in [3.8, 4) is 0 Å². The van der Waals surface area contributed by atoms with Gasteiger partial charge in [-0.15, -0.1) is 0 Å². The van der Waals surface area contributed by atoms with Gasteiger partial charge in [-0.3, -0.25) is 4.79 Å². The number of anilines is 1. The largest absolute Gasteiger partial charge is 0.366 e. The second-order valence-corrected chi connectivity index (χ2v) is 4.92. The van der Waals surface area contributed by atoms with Gasteiger partial charge in [-0.25, -0.2) is 14.4 Å². The van der Waals surface area contributed by atoms with Crippen molar-refractivity contribution in [3.63, 3.8) is 0 Å². The summed E-state index contributed by atoms with van der Waals surface area (Å²) in [4.78, 5) is 20.3. The lowest BCUT2D eigenvalue weighted by Gasteiger charge is -2.09. The van der Waals surface area contributed by atoms with Gasteiger partial charge >= 0.3 is 0 Å². The topological polar surface area (TPSA) is 66.9 Å². The zero-order chi connectivity index (χ0) is 15.9. The second kappa shape index (κ2) is 7.49. The fraction of sp³-hybridized carbons (Fsp3) is 0.312. The molecule has 0 aliphatic carbocycles. The molecular formula is C16H19FN4O. The molecule has 116 valence electrons. The molecule has 0 spiro atoms. The maximum Gasteiger partial charge on any atom is 0.270 e. The van der Waals surface area contributed by atoms with E-state index < -0.39 is 0 Å². The molecule has 1 heterocycles. The maximum absolute atomic E-state index is 12.9. The number of aromatic nitrogens is 2. The molecule has 6 heteroatoms. The van der Waals surface area contributed by atoms with Crippen molar-refractivity contribution in [2.24, 2.45) is 0 Å². The van der Waals surface area contributed by atoms with Crippen LogP contribution in [0.3, 0.4) is 0 Å². The van der Waals surface area contributed by atoms with Gasteiger partial charge in [-0.1, -0.05) is 19.1 Å². The summed E-state index contributed by atoms with van der Waals surface area (Å²) in [5.74, 6) is 0.609. The minimum Gasteiger partial charge on any atom is -0.366 e. The molecule has 0 aliphatic rings. The molecule has 2 rings (SSSR count). The zero-order valence-corrected chi connectivity index (χ0v) is 12.7. The molecular weight excluding hydrogens is 283 g/mol. The van der Waals surface area contributed by atoms with Gasteiger partial charge in [0.1, 0.15) is 23.2 Å². The molecule has 0 bridgehead atoms. The third-order valence-electron chi connectivity index (χ3n) is 2.99. The first-order valence-electron chi connectivity index (χ1n) is 7.20. The number of hydrogen-bond acceptors (Lipinski definition) is 4. The molecule has 0 atom stereocenters. The Morgan fingerprint density at radius 1 is 1.23 bits per heavy atom. The highest BCUT2D eigenvalue weighted by Crippen LogP contribution is 2.10. The van der Waals surface area contributed by atoms with Crippen LogP contribution in [0.1, 0.15) is 35.2 Å². The van der Waals surface area contributed by atoms with Crippen LogP contribution in [0.15, 0.2) is 30.3 Å². The lowest BCUT2D eigenvalue weighted by Crippen LogP contribution is -2.25. The molecule has 0 saturated carbocycles. The number of nitrogens with one attached hydrogen (secondary N) is 2. The highest BCUT2D eigenvalue weighted by Gasteiger charge is 2.09. The molecule has 2 aromatic rings. The first-order valence-corrected chi connectivity index (χ1v) is 7.20. The summed E-state index contributed by atoms with van der Waals surface area (Å²) in [7, 11) is 0. The van der Waals surface area contributed by atoms with Gasteiger partial charge in [-0.2, -0.15) is 0 Å². The molecule has 5 nitrogen and oxygen atoms in total. The predicted molar refractivity (Wildman–Crippen MR) is 83.1 cm³/mol. The van der Waals surface area contributed by atoms with Crippen LogP contribution in [-0.4, -0.2) is 22.4 Å². The first-order chi connectivity index (χ1) is 10.6. The molecule has 2 N–H and O–H groups in total. The van der Waals surface area contributed by atoms with E-state index in [9.17, 15) is 9.18 Å². The van der Waals surface area contributed by atoms with Crippen LogP contribution in [0, 0.1) is 12.7 Å². The minimum atomic E-state index is -0.267. The Labute approximate surface area is 129 Å². The fourth-order valence-corrected chi connectivity index (χ4v) is 1.90. The van der Waals surface area contributed by atoms with Gasteiger partial charge in [0.15, 0.2) is 0 Å². The number of hydrogen-bond donors (Lipinski definition) is 2. The number of halogens is 1. The van der Waals surface area contributed by atoms with Gasteiger partial charge in [0, 0.05) is 19.2 Å². The Bertz CT molecular complexity index is 643. The molecule has 0 saturated heterocycles. The number of nitrogens with zero attached hydrogens (tertiary/aromatic N) is 2. The van der Waals surface area contributed by atoms with Crippen LogP contribution in [-0.2, 0) is 6.54 Å². The van der Waals surface area contributed by atoms with Crippen molar-refractivity contribution in [1.29, 1.82) is 0 Å². The molecule has 0 fully saturated rings. The summed E-state index contributed by atoms with van der Waals surface area (Å²) in [6.07, 6.45) is 0.867. The van der Waals surface area contributed by atoms with Gasteiger partial charge in [-0.05, 0) is 31.0 Å². The molecule has 22 heavy (non-hydrogen) atoms. The van der Waals surface area contributed by atoms with E-state index in [4.69, 9.17) is 0 Å². The number of aryl methyl sites for hydroxylation is 1. The van der Waals surface area contributed by atoms with Crippen molar-refractivity contribution in [2.45, 2.75) is 26.8 Å². The summed E-state index contributed by atoms with van der Waals surface area (Å²) in [5.41, 5.74) is 1.26. The summed E-state index contributed by atoms with van der Waals surface area (Å²) >= 11 is 0. The van der Waals surface area contributed by atoms with Crippen LogP contribution in [0.2, 0.25) is 0 Å². The number of benzene rings is 1. The quantitative estimate of drug-likeness (QED) is 0.861. The van der Waals surface area contributed by atoms with E-state index in [0.717, 1.165) is 12.0 Å². The van der Waals surface area contributed by atoms with E-state index in [0.29, 0.717) is 30.4 Å². The maximum atomic E-state index is 12.9. The molecule has 1 amide bonds. The Morgan fingerprint density at radius 2 is 1.95 bits per heavy atom. The molecule has 1 aromatic carbocycles. The van der Waals surface area contributed by atoms with Gasteiger partial charge < -0.3 is 10.6 Å². The van der Waals surface area contributed by atoms with E-state index >= 15 is 0 Å². The Kier molecular flexibility index (Phi) is 5.41. The van der Waals surface area contributed by atoms with Crippen molar-refractivity contribution in [2.75, 3.05) is 11.9 Å². The summed E-state index contributed by atoms with van der Waals surface area (Å²) in [5, 5.41) is 5.90. The normalized spacial score (nSPS) is 10.3. The predicted octanol–water partition coefficient (Wildman–Crippen LogP) is 2.68. The number of rotatable bonds is 6. The number of amides is 1. The number of carbonyl (C=O) groups excluding carboxylic acids is 1. The average Bonchev–Trinajstić information content (AvgIpc) is 2.51. The van der Waals surface area contributed by atoms with Gasteiger partial charge in [0.05, 0.1) is 0 Å². The Balaban J connectivity index is 2.06. The summed E-state index contributed by atoms with van der Waals surface area (Å²) in [6.45, 7) is 4.83. The van der Waals surface area contributed by atoms with Crippen LogP contribution in [0.25, 0.3) is 0 Å². The lowest BCUT2D eigenvalue weighted by molar-refractivity contribution is 0.0948. The molecule has 1 aromatic heterocycles. The summed E-state index contributed by atoms with van der Waals surface area (Å²) < 4.78 is 12.9. The van der Waals surface area contributed by atoms with Gasteiger partial charge in [0.25, 0.3) is 5.91 Å². The highest BCUT2D eigenvalue weighted by atomic mass is 19.1. The van der Waals surface area contributed by atoms with Crippen molar-refractivity contribution in [3.05, 3.63) is 53.2 Å². The first kappa shape index (κ1) is 15.9. The Hall–Kier alpha value is -2.50. The standard InChI is InChI=1S/C16H19FN4O/c1-3-8-18-16(22)14-9-15(21-11(2)20-14)19-10-12-4-6-13(17)7-5-12/h4-7,9H,3,8,10H2,1-2H3,(H,18,22)(H,19,20,21). The molecule has 0 aliphatic heterocycles. The van der Waals surface area contributed by atoms with E-state index in [1.165, 1.54) is 12.1 Å². The van der Waals surface area contributed by atoms with Crippen LogP contribution in [0.4, 0.5) is 10.2 Å². The van der Waals surface area contributed by atoms with Crippen LogP contribution >= 0.6 is 0 Å². The zero-order valence-electron chi connectivity index (χ0n) is 12.7. The summed E-state index contributed by atoms with van der Waals surface area (Å²) in [6, 6.07) is 7.83. The molecule has 0 unspecified atom stereocenters. The monoisotopic (exact) mass is 302 g/mol. The second-order valence-electron chi connectivity index (χ2n) is 4.92. The van der Waals surface area contributed by atoms with Crippen molar-refractivity contribution in [1.82, 2.24) is 15.3 Å². The van der Waals surface area contributed by atoms with Crippen molar-refractivity contribution < 1.29 is 9.18 Å². The fourth-order valence-electron chi connectivity index (χ4n) is 1.90. The SMILES string of the molecule is CCCNC(=O)c1cc(NCc2ccc(F)cc2)nc(C)n1. The number of carbonyl (C=O) groups is 1. The third kappa shape index (κ3) is 4.51. The van der Waals surface area contributed by atoms with Crippen LogP contribution in [0.5, 0.6) is 0 Å². The third-order valence-corrected chi connectivity index (χ3v) is 2.99. The minimum absolute atomic E-state index is 0.211. The smallest absolute Gasteiger partial charge is 0.270 e. The Morgan fingerprint density at radius 3 is 2.64 bits per heavy atom. The van der Waals surface area contributed by atoms with E-state index in [1.54, 1.807) is 25.1 Å². The van der Waals surface area contributed by atoms with Crippen molar-refractivity contribution >= 4 is 11.7 Å². The highest BCUT2D eigenvalue weighted by molar-refractivity contribution is 5.92. The van der Waals surface area contributed by atoms with E-state index in [1.807, 2.05) is 6.92 Å². The van der Waals surface area contributed by atoms with Gasteiger partial charge in [0.2, 0.25) is 0 Å². The molecule has 0 radical (unpaired) electrons. The van der Waals surface area contributed by atoms with E-state index in [-0.39, 0.29) is 11.7 Å². The lowest BCUT2D eigenvalue weighted by atomic mass is 10.2. The van der Waals surface area contributed by atoms with Crippen LogP contribution < -0.4 is 10.6 Å². The van der Waals surface area contributed by atoms with E-state index in [2.05, 4.69) is 20.6 Å². The average molecular weight is 302 g/mol.